The fourth-order valence-electron chi connectivity index (χ4n) is 2.25. The Morgan fingerprint density at radius 3 is 2.46 bits per heavy atom. The molecular weight excluding hydrogens is 312 g/mol. The van der Waals surface area contributed by atoms with Crippen LogP contribution in [0.15, 0.2) is 42.5 Å². The van der Waals surface area contributed by atoms with Crippen molar-refractivity contribution in [2.75, 3.05) is 19.9 Å². The molecule has 2 aromatic carbocycles. The van der Waals surface area contributed by atoms with Gasteiger partial charge in [0.05, 0.1) is 5.56 Å². The van der Waals surface area contributed by atoms with Crippen LogP contribution in [-0.4, -0.2) is 36.8 Å². The van der Waals surface area contributed by atoms with Gasteiger partial charge in [-0.15, -0.1) is 0 Å². The van der Waals surface area contributed by atoms with Gasteiger partial charge in [0, 0.05) is 18.7 Å². The van der Waals surface area contributed by atoms with Crippen LogP contribution in [0.1, 0.15) is 20.7 Å². The van der Waals surface area contributed by atoms with E-state index in [-0.39, 0.29) is 37.1 Å². The van der Waals surface area contributed by atoms with Crippen LogP contribution in [-0.2, 0) is 0 Å². The SMILES string of the molecule is O=C(NCCNC(=O)c1ccccc1O)c1ccc2c(c1)OCO2. The molecule has 0 atom stereocenters. The number of amides is 2. The van der Waals surface area contributed by atoms with Crippen molar-refractivity contribution < 1.29 is 24.2 Å². The molecule has 24 heavy (non-hydrogen) atoms. The van der Waals surface area contributed by atoms with Gasteiger partial charge in [0.1, 0.15) is 5.75 Å². The van der Waals surface area contributed by atoms with Crippen molar-refractivity contribution in [1.82, 2.24) is 10.6 Å². The lowest BCUT2D eigenvalue weighted by atomic mass is 10.2. The molecule has 124 valence electrons. The molecule has 0 saturated heterocycles. The molecule has 2 amide bonds. The molecule has 7 nitrogen and oxygen atoms in total. The van der Waals surface area contributed by atoms with Gasteiger partial charge in [-0.25, -0.2) is 0 Å². The first-order valence-electron chi connectivity index (χ1n) is 7.39. The first-order valence-corrected chi connectivity index (χ1v) is 7.39. The highest BCUT2D eigenvalue weighted by Crippen LogP contribution is 2.32. The summed E-state index contributed by atoms with van der Waals surface area (Å²) < 4.78 is 10.4. The highest BCUT2D eigenvalue weighted by molar-refractivity contribution is 5.97. The van der Waals surface area contributed by atoms with E-state index in [2.05, 4.69) is 10.6 Å². The summed E-state index contributed by atoms with van der Waals surface area (Å²) in [6.07, 6.45) is 0. The van der Waals surface area contributed by atoms with Crippen LogP contribution in [0, 0.1) is 0 Å². The fourth-order valence-corrected chi connectivity index (χ4v) is 2.25. The molecule has 3 rings (SSSR count). The number of hydrogen-bond donors (Lipinski definition) is 3. The van der Waals surface area contributed by atoms with Gasteiger partial charge in [-0.3, -0.25) is 9.59 Å². The number of phenolic OH excluding ortho intramolecular Hbond substituents is 1. The van der Waals surface area contributed by atoms with Crippen molar-refractivity contribution in [2.24, 2.45) is 0 Å². The molecule has 2 aromatic rings. The summed E-state index contributed by atoms with van der Waals surface area (Å²) in [4.78, 5) is 23.9. The van der Waals surface area contributed by atoms with Crippen LogP contribution in [0.5, 0.6) is 17.2 Å². The number of phenols is 1. The third-order valence-corrected chi connectivity index (χ3v) is 3.48. The monoisotopic (exact) mass is 328 g/mol. The van der Waals surface area contributed by atoms with Crippen molar-refractivity contribution in [1.29, 1.82) is 0 Å². The molecule has 0 aliphatic carbocycles. The van der Waals surface area contributed by atoms with Crippen molar-refractivity contribution in [2.45, 2.75) is 0 Å². The van der Waals surface area contributed by atoms with E-state index in [1.807, 2.05) is 0 Å². The molecule has 0 fully saturated rings. The zero-order valence-corrected chi connectivity index (χ0v) is 12.7. The summed E-state index contributed by atoms with van der Waals surface area (Å²) in [6.45, 7) is 0.648. The molecule has 0 radical (unpaired) electrons. The summed E-state index contributed by atoms with van der Waals surface area (Å²) in [7, 11) is 0. The molecule has 0 saturated carbocycles. The van der Waals surface area contributed by atoms with Crippen molar-refractivity contribution >= 4 is 11.8 Å². The highest BCUT2D eigenvalue weighted by Gasteiger charge is 2.16. The van der Waals surface area contributed by atoms with Gasteiger partial charge in [-0.2, -0.15) is 0 Å². The van der Waals surface area contributed by atoms with Crippen molar-refractivity contribution in [3.63, 3.8) is 0 Å². The van der Waals surface area contributed by atoms with E-state index in [0.717, 1.165) is 0 Å². The minimum absolute atomic E-state index is 0.0839. The number of carbonyl (C=O) groups is 2. The Morgan fingerprint density at radius 1 is 0.958 bits per heavy atom. The lowest BCUT2D eigenvalue weighted by Crippen LogP contribution is -2.34. The molecule has 1 heterocycles. The van der Waals surface area contributed by atoms with Gasteiger partial charge in [-0.05, 0) is 30.3 Å². The van der Waals surface area contributed by atoms with E-state index in [0.29, 0.717) is 17.1 Å². The van der Waals surface area contributed by atoms with Gasteiger partial charge in [0.2, 0.25) is 6.79 Å². The van der Waals surface area contributed by atoms with Crippen LogP contribution in [0.3, 0.4) is 0 Å². The van der Waals surface area contributed by atoms with Gasteiger partial charge in [0.25, 0.3) is 11.8 Å². The first kappa shape index (κ1) is 15.7. The number of benzene rings is 2. The third-order valence-electron chi connectivity index (χ3n) is 3.48. The Balaban J connectivity index is 1.47. The molecule has 0 spiro atoms. The molecule has 0 bridgehead atoms. The Kier molecular flexibility index (Phi) is 4.51. The second-order valence-electron chi connectivity index (χ2n) is 5.10. The van der Waals surface area contributed by atoms with Crippen molar-refractivity contribution in [3.05, 3.63) is 53.6 Å². The largest absolute Gasteiger partial charge is 0.507 e. The van der Waals surface area contributed by atoms with Crippen LogP contribution in [0.25, 0.3) is 0 Å². The molecule has 3 N–H and O–H groups in total. The summed E-state index contributed by atoms with van der Waals surface area (Å²) in [6, 6.07) is 11.2. The van der Waals surface area contributed by atoms with Crippen LogP contribution < -0.4 is 20.1 Å². The van der Waals surface area contributed by atoms with Gasteiger partial charge >= 0.3 is 0 Å². The zero-order valence-electron chi connectivity index (χ0n) is 12.7. The standard InChI is InChI=1S/C17H16N2O5/c20-13-4-2-1-3-12(13)17(22)19-8-7-18-16(21)11-5-6-14-15(9-11)24-10-23-14/h1-6,9,20H,7-8,10H2,(H,18,21)(H,19,22). The third kappa shape index (κ3) is 3.40. The predicted octanol–water partition coefficient (Wildman–Crippen LogP) is 1.28. The maximum absolute atomic E-state index is 12.1. The minimum atomic E-state index is -0.398. The average Bonchev–Trinajstić information content (AvgIpc) is 3.06. The number of nitrogens with one attached hydrogen (secondary N) is 2. The number of fused-ring (bicyclic) bond motifs is 1. The van der Waals surface area contributed by atoms with E-state index in [4.69, 9.17) is 9.47 Å². The summed E-state index contributed by atoms with van der Waals surface area (Å²) in [5, 5.41) is 14.9. The Morgan fingerprint density at radius 2 is 1.67 bits per heavy atom. The molecule has 1 aliphatic heterocycles. The first-order chi connectivity index (χ1) is 11.6. The molecular formula is C17H16N2O5. The van der Waals surface area contributed by atoms with E-state index in [1.54, 1.807) is 30.3 Å². The van der Waals surface area contributed by atoms with E-state index < -0.39 is 5.91 Å². The zero-order chi connectivity index (χ0) is 16.9. The Labute approximate surface area is 138 Å². The van der Waals surface area contributed by atoms with Crippen molar-refractivity contribution in [3.8, 4) is 17.2 Å². The number of hydrogen-bond acceptors (Lipinski definition) is 5. The van der Waals surface area contributed by atoms with Crippen LogP contribution >= 0.6 is 0 Å². The summed E-state index contributed by atoms with van der Waals surface area (Å²) in [5.74, 6) is 0.395. The smallest absolute Gasteiger partial charge is 0.255 e. The van der Waals surface area contributed by atoms with Gasteiger partial charge < -0.3 is 25.2 Å². The molecule has 0 aromatic heterocycles. The van der Waals surface area contributed by atoms with Crippen LogP contribution in [0.2, 0.25) is 0 Å². The Hall–Kier alpha value is -3.22. The lowest BCUT2D eigenvalue weighted by molar-refractivity contribution is 0.0926. The second-order valence-corrected chi connectivity index (χ2v) is 5.10. The number of para-hydroxylation sites is 1. The molecule has 0 unspecified atom stereocenters. The second kappa shape index (κ2) is 6.91. The maximum atomic E-state index is 12.1. The quantitative estimate of drug-likeness (QED) is 0.719. The lowest BCUT2D eigenvalue weighted by Gasteiger charge is -2.08. The van der Waals surface area contributed by atoms with E-state index in [9.17, 15) is 14.7 Å². The predicted molar refractivity (Wildman–Crippen MR) is 85.3 cm³/mol. The van der Waals surface area contributed by atoms with E-state index >= 15 is 0 Å². The normalized spacial score (nSPS) is 11.8. The van der Waals surface area contributed by atoms with Crippen LogP contribution in [0.4, 0.5) is 0 Å². The molecule has 7 heteroatoms. The summed E-state index contributed by atoms with van der Waals surface area (Å²) >= 11 is 0. The van der Waals surface area contributed by atoms with Gasteiger partial charge in [0.15, 0.2) is 11.5 Å². The van der Waals surface area contributed by atoms with E-state index in [1.165, 1.54) is 12.1 Å². The Bertz CT molecular complexity index is 775. The molecule has 1 aliphatic rings. The number of aromatic hydroxyl groups is 1. The highest BCUT2D eigenvalue weighted by atomic mass is 16.7. The minimum Gasteiger partial charge on any atom is -0.507 e. The average molecular weight is 328 g/mol. The fraction of sp³-hybridized carbons (Fsp3) is 0.176. The topological polar surface area (TPSA) is 96.9 Å². The number of carbonyl (C=O) groups excluding carboxylic acids is 2. The maximum Gasteiger partial charge on any atom is 0.255 e. The number of ether oxygens (including phenoxy) is 2. The summed E-state index contributed by atoms with van der Waals surface area (Å²) in [5.41, 5.74) is 0.644. The number of rotatable bonds is 5. The van der Waals surface area contributed by atoms with Gasteiger partial charge in [-0.1, -0.05) is 12.1 Å².